The molecule has 0 spiro atoms. The number of methoxy groups -OCH3 is 1. The van der Waals surface area contributed by atoms with E-state index in [1.807, 2.05) is 18.2 Å². The van der Waals surface area contributed by atoms with Crippen molar-refractivity contribution in [1.29, 1.82) is 0 Å². The van der Waals surface area contributed by atoms with Gasteiger partial charge in [0.25, 0.3) is 0 Å². The molecule has 1 aliphatic rings. The summed E-state index contributed by atoms with van der Waals surface area (Å²) in [5.41, 5.74) is 2.24. The van der Waals surface area contributed by atoms with Crippen LogP contribution in [0.2, 0.25) is 0 Å². The van der Waals surface area contributed by atoms with Crippen LogP contribution in [0, 0.1) is 0 Å². The Bertz CT molecular complexity index is 971. The molecule has 1 aliphatic heterocycles. The molecule has 2 N–H and O–H groups in total. The lowest BCUT2D eigenvalue weighted by Crippen LogP contribution is -2.44. The van der Waals surface area contributed by atoms with Crippen LogP contribution in [0.1, 0.15) is 37.3 Å². The van der Waals surface area contributed by atoms with Gasteiger partial charge < -0.3 is 10.1 Å². The van der Waals surface area contributed by atoms with E-state index in [1.165, 1.54) is 51.0 Å². The lowest BCUT2D eigenvalue weighted by Gasteiger charge is -2.27. The fraction of sp³-hybridized carbons (Fsp3) is 0.435. The Morgan fingerprint density at radius 2 is 1.68 bits per heavy atom. The van der Waals surface area contributed by atoms with Crippen molar-refractivity contribution in [3.63, 3.8) is 0 Å². The molecule has 3 rings (SSSR count). The Hall–Kier alpha value is -2.42. The molecule has 1 amide bonds. The SMILES string of the molecule is COc1ccc(S(=O)(=O)N[C@@H](C)C(=O)NCc2ccccc2CN2CCCCC2)cc1. The van der Waals surface area contributed by atoms with Gasteiger partial charge in [0, 0.05) is 13.1 Å². The highest BCUT2D eigenvalue weighted by Gasteiger charge is 2.22. The summed E-state index contributed by atoms with van der Waals surface area (Å²) in [5.74, 6) is 0.192. The normalized spacial score (nSPS) is 15.9. The third-order valence-corrected chi connectivity index (χ3v) is 7.07. The van der Waals surface area contributed by atoms with Gasteiger partial charge in [-0.05, 0) is 68.2 Å². The number of hydrogen-bond donors (Lipinski definition) is 2. The third-order valence-electron chi connectivity index (χ3n) is 5.51. The number of amides is 1. The standard InChI is InChI=1S/C23H31N3O4S/c1-18(25-31(28,29)22-12-10-21(30-2)11-13-22)23(27)24-16-19-8-4-5-9-20(19)17-26-14-6-3-7-15-26/h4-5,8-13,18,25H,3,6-7,14-17H2,1-2H3,(H,24,27)/t18-/m0/s1. The Balaban J connectivity index is 1.57. The van der Waals surface area contributed by atoms with Crippen LogP contribution in [0.3, 0.4) is 0 Å². The number of hydrogen-bond acceptors (Lipinski definition) is 5. The number of likely N-dealkylation sites (tertiary alicyclic amines) is 1. The Morgan fingerprint density at radius 3 is 2.32 bits per heavy atom. The zero-order valence-corrected chi connectivity index (χ0v) is 19.0. The third kappa shape index (κ3) is 6.53. The number of nitrogens with one attached hydrogen (secondary N) is 2. The van der Waals surface area contributed by atoms with E-state index in [9.17, 15) is 13.2 Å². The van der Waals surface area contributed by atoms with Crippen molar-refractivity contribution >= 4 is 15.9 Å². The molecule has 2 aromatic carbocycles. The quantitative estimate of drug-likeness (QED) is 0.620. The van der Waals surface area contributed by atoms with Gasteiger partial charge in [-0.25, -0.2) is 8.42 Å². The Kier molecular flexibility index (Phi) is 8.06. The number of rotatable bonds is 9. The van der Waals surface area contributed by atoms with E-state index in [-0.39, 0.29) is 10.8 Å². The molecular formula is C23H31N3O4S. The topological polar surface area (TPSA) is 87.7 Å². The summed E-state index contributed by atoms with van der Waals surface area (Å²) in [6, 6.07) is 13.2. The first-order valence-electron chi connectivity index (χ1n) is 10.6. The number of sulfonamides is 1. The molecular weight excluding hydrogens is 414 g/mol. The Morgan fingerprint density at radius 1 is 1.03 bits per heavy atom. The first-order chi connectivity index (χ1) is 14.9. The molecule has 0 aliphatic carbocycles. The summed E-state index contributed by atoms with van der Waals surface area (Å²) in [6.45, 7) is 4.97. The van der Waals surface area contributed by atoms with E-state index in [0.717, 1.165) is 25.2 Å². The summed E-state index contributed by atoms with van der Waals surface area (Å²) in [5, 5.41) is 2.86. The van der Waals surface area contributed by atoms with Crippen molar-refractivity contribution in [1.82, 2.24) is 14.9 Å². The zero-order chi connectivity index (χ0) is 22.3. The van der Waals surface area contributed by atoms with Gasteiger partial charge in [-0.3, -0.25) is 9.69 Å². The predicted octanol–water partition coefficient (Wildman–Crippen LogP) is 2.66. The van der Waals surface area contributed by atoms with Crippen molar-refractivity contribution in [2.24, 2.45) is 0 Å². The number of carbonyl (C=O) groups is 1. The van der Waals surface area contributed by atoms with Gasteiger partial charge in [-0.2, -0.15) is 4.72 Å². The maximum Gasteiger partial charge on any atom is 0.241 e. The second-order valence-corrected chi connectivity index (χ2v) is 9.56. The molecule has 1 heterocycles. The lowest BCUT2D eigenvalue weighted by molar-refractivity contribution is -0.122. The van der Waals surface area contributed by atoms with Crippen LogP contribution in [0.25, 0.3) is 0 Å². The van der Waals surface area contributed by atoms with Crippen LogP contribution in [-0.2, 0) is 27.9 Å². The van der Waals surface area contributed by atoms with Crippen LogP contribution in [-0.4, -0.2) is 45.5 Å². The average Bonchev–Trinajstić information content (AvgIpc) is 2.78. The number of piperidine rings is 1. The minimum atomic E-state index is -3.81. The van der Waals surface area contributed by atoms with Crippen molar-refractivity contribution in [2.45, 2.75) is 50.2 Å². The van der Waals surface area contributed by atoms with E-state index in [2.05, 4.69) is 21.0 Å². The number of carbonyl (C=O) groups excluding carboxylic acids is 1. The highest BCUT2D eigenvalue weighted by Crippen LogP contribution is 2.17. The van der Waals surface area contributed by atoms with Crippen LogP contribution < -0.4 is 14.8 Å². The predicted molar refractivity (Wildman–Crippen MR) is 120 cm³/mol. The lowest BCUT2D eigenvalue weighted by atomic mass is 10.0. The molecule has 2 aromatic rings. The van der Waals surface area contributed by atoms with Crippen LogP contribution in [0.4, 0.5) is 0 Å². The van der Waals surface area contributed by atoms with Crippen molar-refractivity contribution < 1.29 is 17.9 Å². The number of ether oxygens (including phenoxy) is 1. The highest BCUT2D eigenvalue weighted by molar-refractivity contribution is 7.89. The number of benzene rings is 2. The molecule has 31 heavy (non-hydrogen) atoms. The fourth-order valence-electron chi connectivity index (χ4n) is 3.69. The van der Waals surface area contributed by atoms with Gasteiger partial charge in [0.2, 0.25) is 15.9 Å². The van der Waals surface area contributed by atoms with E-state index in [0.29, 0.717) is 12.3 Å². The zero-order valence-electron chi connectivity index (χ0n) is 18.1. The molecule has 1 saturated heterocycles. The van der Waals surface area contributed by atoms with Crippen LogP contribution in [0.5, 0.6) is 5.75 Å². The molecule has 7 nitrogen and oxygen atoms in total. The maximum absolute atomic E-state index is 12.6. The van der Waals surface area contributed by atoms with Gasteiger partial charge in [-0.1, -0.05) is 30.7 Å². The van der Waals surface area contributed by atoms with E-state index >= 15 is 0 Å². The first-order valence-corrected chi connectivity index (χ1v) is 12.1. The minimum absolute atomic E-state index is 0.0832. The summed E-state index contributed by atoms with van der Waals surface area (Å²) in [4.78, 5) is 15.1. The largest absolute Gasteiger partial charge is 0.497 e. The van der Waals surface area contributed by atoms with Crippen molar-refractivity contribution in [3.8, 4) is 5.75 Å². The van der Waals surface area contributed by atoms with Gasteiger partial charge in [0.15, 0.2) is 0 Å². The molecule has 1 atom stereocenters. The highest BCUT2D eigenvalue weighted by atomic mass is 32.2. The van der Waals surface area contributed by atoms with E-state index < -0.39 is 16.1 Å². The van der Waals surface area contributed by atoms with E-state index in [4.69, 9.17) is 4.74 Å². The fourth-order valence-corrected chi connectivity index (χ4v) is 4.89. The van der Waals surface area contributed by atoms with Gasteiger partial charge in [0.05, 0.1) is 18.0 Å². The smallest absolute Gasteiger partial charge is 0.241 e. The molecule has 0 aromatic heterocycles. The van der Waals surface area contributed by atoms with Crippen LogP contribution in [0.15, 0.2) is 53.4 Å². The van der Waals surface area contributed by atoms with Crippen molar-refractivity contribution in [2.75, 3.05) is 20.2 Å². The molecule has 8 heteroatoms. The first kappa shape index (κ1) is 23.2. The molecule has 0 saturated carbocycles. The summed E-state index contributed by atoms with van der Waals surface area (Å²) in [7, 11) is -2.30. The summed E-state index contributed by atoms with van der Waals surface area (Å²) in [6.07, 6.45) is 3.74. The van der Waals surface area contributed by atoms with E-state index in [1.54, 1.807) is 12.1 Å². The average molecular weight is 446 g/mol. The second kappa shape index (κ2) is 10.7. The van der Waals surface area contributed by atoms with Gasteiger partial charge >= 0.3 is 0 Å². The monoisotopic (exact) mass is 445 g/mol. The molecule has 0 unspecified atom stereocenters. The van der Waals surface area contributed by atoms with Crippen LogP contribution >= 0.6 is 0 Å². The Labute approximate surface area is 184 Å². The minimum Gasteiger partial charge on any atom is -0.497 e. The van der Waals surface area contributed by atoms with Crippen molar-refractivity contribution in [3.05, 3.63) is 59.7 Å². The van der Waals surface area contributed by atoms with Gasteiger partial charge in [0.1, 0.15) is 5.75 Å². The maximum atomic E-state index is 12.6. The second-order valence-electron chi connectivity index (χ2n) is 7.84. The summed E-state index contributed by atoms with van der Waals surface area (Å²) < 4.78 is 32.6. The molecule has 0 radical (unpaired) electrons. The molecule has 0 bridgehead atoms. The summed E-state index contributed by atoms with van der Waals surface area (Å²) >= 11 is 0. The number of nitrogens with zero attached hydrogens (tertiary/aromatic N) is 1. The molecule has 1 fully saturated rings. The molecule has 168 valence electrons. The van der Waals surface area contributed by atoms with Gasteiger partial charge in [-0.15, -0.1) is 0 Å².